The zero-order valence-corrected chi connectivity index (χ0v) is 14.8. The van der Waals surface area contributed by atoms with Gasteiger partial charge in [0.1, 0.15) is 11.6 Å². The van der Waals surface area contributed by atoms with Gasteiger partial charge in [-0.1, -0.05) is 43.2 Å². The fourth-order valence-electron chi connectivity index (χ4n) is 2.77. The first-order valence-electron chi connectivity index (χ1n) is 8.33. The fourth-order valence-corrected chi connectivity index (χ4v) is 2.82. The molecule has 3 rings (SSSR count). The molecular weight excluding hydrogens is 348 g/mol. The van der Waals surface area contributed by atoms with Gasteiger partial charge in [-0.15, -0.1) is 4.99 Å². The highest BCUT2D eigenvalue weighted by molar-refractivity contribution is 7.78. The van der Waals surface area contributed by atoms with Gasteiger partial charge in [-0.05, 0) is 60.3 Å². The SMILES string of the molecule is Fc1cc(C#Cc2ccc(CC3CCC3)cc2)cc(F)c1C#CN=C=S. The minimum atomic E-state index is -0.780. The van der Waals surface area contributed by atoms with Crippen LogP contribution >= 0.6 is 12.2 Å². The standard InChI is InChI=1S/C22H15F2NS/c23-21-13-19(14-22(24)20(21)10-11-25-15-26)9-6-16-4-7-18(8-5-16)12-17-2-1-3-17/h4-5,7-8,13-14,17H,1-3,12H2. The fraction of sp³-hybridized carbons (Fsp3) is 0.227. The predicted octanol–water partition coefficient (Wildman–Crippen LogP) is 5.12. The molecule has 1 saturated carbocycles. The minimum absolute atomic E-state index is 0.252. The van der Waals surface area contributed by atoms with Crippen LogP contribution in [0, 0.1) is 41.4 Å². The lowest BCUT2D eigenvalue weighted by Crippen LogP contribution is -2.13. The number of halogens is 2. The van der Waals surface area contributed by atoms with Gasteiger partial charge >= 0.3 is 0 Å². The molecule has 0 radical (unpaired) electrons. The van der Waals surface area contributed by atoms with E-state index in [2.05, 4.69) is 53.1 Å². The molecule has 0 bridgehead atoms. The lowest BCUT2D eigenvalue weighted by Gasteiger charge is -2.25. The van der Waals surface area contributed by atoms with E-state index in [1.54, 1.807) is 0 Å². The third kappa shape index (κ3) is 4.64. The molecule has 0 N–H and O–H groups in total. The Morgan fingerprint density at radius 2 is 1.62 bits per heavy atom. The van der Waals surface area contributed by atoms with E-state index in [4.69, 9.17) is 0 Å². The van der Waals surface area contributed by atoms with Crippen LogP contribution in [0.5, 0.6) is 0 Å². The van der Waals surface area contributed by atoms with E-state index in [1.807, 2.05) is 17.3 Å². The van der Waals surface area contributed by atoms with Gasteiger partial charge in [-0.25, -0.2) is 8.78 Å². The average molecular weight is 363 g/mol. The lowest BCUT2D eigenvalue weighted by atomic mass is 9.81. The monoisotopic (exact) mass is 363 g/mol. The molecule has 1 nitrogen and oxygen atoms in total. The molecule has 2 aromatic carbocycles. The second kappa shape index (κ2) is 8.54. The van der Waals surface area contributed by atoms with Crippen molar-refractivity contribution in [2.75, 3.05) is 0 Å². The van der Waals surface area contributed by atoms with Gasteiger partial charge < -0.3 is 0 Å². The minimum Gasteiger partial charge on any atom is -0.205 e. The Bertz CT molecular complexity index is 954. The maximum absolute atomic E-state index is 14.0. The van der Waals surface area contributed by atoms with Crippen molar-refractivity contribution < 1.29 is 8.78 Å². The zero-order chi connectivity index (χ0) is 18.4. The molecule has 1 aliphatic rings. The summed E-state index contributed by atoms with van der Waals surface area (Å²) in [5.74, 6) is 7.25. The number of rotatable bonds is 2. The summed E-state index contributed by atoms with van der Waals surface area (Å²) in [6, 6.07) is 12.5. The van der Waals surface area contributed by atoms with Crippen LogP contribution in [0.25, 0.3) is 0 Å². The smallest absolute Gasteiger partial charge is 0.143 e. The Morgan fingerprint density at radius 3 is 2.19 bits per heavy atom. The number of isothiocyanates is 1. The van der Waals surface area contributed by atoms with E-state index in [-0.39, 0.29) is 11.1 Å². The summed E-state index contributed by atoms with van der Waals surface area (Å²) >= 11 is 4.35. The third-order valence-corrected chi connectivity index (χ3v) is 4.47. The van der Waals surface area contributed by atoms with Crippen molar-refractivity contribution >= 4 is 17.4 Å². The molecule has 2 aromatic rings. The van der Waals surface area contributed by atoms with E-state index in [0.29, 0.717) is 0 Å². The van der Waals surface area contributed by atoms with Crippen molar-refractivity contribution in [3.8, 4) is 23.8 Å². The van der Waals surface area contributed by atoms with Crippen LogP contribution in [0.3, 0.4) is 0 Å². The first-order valence-corrected chi connectivity index (χ1v) is 8.74. The largest absolute Gasteiger partial charge is 0.205 e. The van der Waals surface area contributed by atoms with Crippen LogP contribution in [0.1, 0.15) is 41.5 Å². The van der Waals surface area contributed by atoms with Gasteiger partial charge in [0, 0.05) is 11.1 Å². The van der Waals surface area contributed by atoms with Crippen molar-refractivity contribution in [1.29, 1.82) is 0 Å². The molecule has 0 unspecified atom stereocenters. The van der Waals surface area contributed by atoms with E-state index >= 15 is 0 Å². The maximum Gasteiger partial charge on any atom is 0.143 e. The quantitative estimate of drug-likeness (QED) is 0.410. The molecular formula is C22H15F2NS. The van der Waals surface area contributed by atoms with E-state index in [1.165, 1.54) is 24.8 Å². The van der Waals surface area contributed by atoms with Crippen molar-refractivity contribution in [2.45, 2.75) is 25.7 Å². The summed E-state index contributed by atoms with van der Waals surface area (Å²) in [6.45, 7) is 0. The highest BCUT2D eigenvalue weighted by atomic mass is 32.1. The van der Waals surface area contributed by atoms with Crippen molar-refractivity contribution in [2.24, 2.45) is 10.9 Å². The molecule has 0 aromatic heterocycles. The van der Waals surface area contributed by atoms with Crippen LogP contribution in [-0.4, -0.2) is 5.16 Å². The Hall–Kier alpha value is -2.78. The topological polar surface area (TPSA) is 12.4 Å². The number of hydrogen-bond donors (Lipinski definition) is 0. The van der Waals surface area contributed by atoms with Crippen LogP contribution in [-0.2, 0) is 6.42 Å². The van der Waals surface area contributed by atoms with Gasteiger partial charge in [0.25, 0.3) is 0 Å². The third-order valence-electron chi connectivity index (χ3n) is 4.38. The normalized spacial score (nSPS) is 12.7. The van der Waals surface area contributed by atoms with Crippen molar-refractivity contribution in [3.63, 3.8) is 0 Å². The maximum atomic E-state index is 14.0. The second-order valence-electron chi connectivity index (χ2n) is 6.20. The number of benzene rings is 2. The number of aliphatic imine (C=N–C) groups is 1. The zero-order valence-electron chi connectivity index (χ0n) is 14.0. The Balaban J connectivity index is 1.75. The first-order chi connectivity index (χ1) is 12.7. The molecule has 0 heterocycles. The Kier molecular flexibility index (Phi) is 5.92. The number of hydrogen-bond acceptors (Lipinski definition) is 2. The summed E-state index contributed by atoms with van der Waals surface area (Å²) in [4.78, 5) is 3.32. The van der Waals surface area contributed by atoms with Crippen LogP contribution in [0.2, 0.25) is 0 Å². The molecule has 1 fully saturated rings. The summed E-state index contributed by atoms with van der Waals surface area (Å²) in [7, 11) is 0. The Morgan fingerprint density at radius 1 is 0.962 bits per heavy atom. The molecule has 26 heavy (non-hydrogen) atoms. The van der Waals surface area contributed by atoms with E-state index in [0.717, 1.165) is 30.0 Å². The number of thiocarbonyl (C=S) groups is 1. The van der Waals surface area contributed by atoms with Crippen molar-refractivity contribution in [3.05, 3.63) is 70.3 Å². The first kappa shape index (κ1) is 18.0. The van der Waals surface area contributed by atoms with Crippen molar-refractivity contribution in [1.82, 2.24) is 0 Å². The van der Waals surface area contributed by atoms with E-state index in [9.17, 15) is 8.78 Å². The molecule has 1 aliphatic carbocycles. The van der Waals surface area contributed by atoms with Gasteiger partial charge in [-0.3, -0.25) is 0 Å². The summed E-state index contributed by atoms with van der Waals surface area (Å²) < 4.78 is 28.0. The molecule has 4 heteroatoms. The number of nitrogens with zero attached hydrogens (tertiary/aromatic N) is 1. The highest BCUT2D eigenvalue weighted by Gasteiger charge is 2.17. The van der Waals surface area contributed by atoms with E-state index < -0.39 is 11.6 Å². The highest BCUT2D eigenvalue weighted by Crippen LogP contribution is 2.29. The lowest BCUT2D eigenvalue weighted by molar-refractivity contribution is 0.314. The Labute approximate surface area is 157 Å². The summed E-state index contributed by atoms with van der Waals surface area (Å²) in [5, 5.41) is 2.01. The molecule has 0 spiro atoms. The van der Waals surface area contributed by atoms with Crippen LogP contribution in [0.15, 0.2) is 41.4 Å². The molecule has 0 atom stereocenters. The molecule has 128 valence electrons. The predicted molar refractivity (Wildman–Crippen MR) is 102 cm³/mol. The van der Waals surface area contributed by atoms with Gasteiger partial charge in [0.05, 0.1) is 16.8 Å². The summed E-state index contributed by atoms with van der Waals surface area (Å²) in [6.07, 6.45) is 5.08. The van der Waals surface area contributed by atoms with Gasteiger partial charge in [-0.2, -0.15) is 0 Å². The summed E-state index contributed by atoms with van der Waals surface area (Å²) in [5.41, 5.74) is 2.01. The van der Waals surface area contributed by atoms with Crippen LogP contribution < -0.4 is 0 Å². The van der Waals surface area contributed by atoms with Crippen LogP contribution in [0.4, 0.5) is 8.78 Å². The van der Waals surface area contributed by atoms with Gasteiger partial charge in [0.2, 0.25) is 0 Å². The average Bonchev–Trinajstić information content (AvgIpc) is 2.60. The molecule has 0 amide bonds. The molecule has 0 saturated heterocycles. The second-order valence-corrected chi connectivity index (χ2v) is 6.39. The van der Waals surface area contributed by atoms with Gasteiger partial charge in [0.15, 0.2) is 0 Å². The molecule has 0 aliphatic heterocycles.